The summed E-state index contributed by atoms with van der Waals surface area (Å²) in [6.45, 7) is 4.69. The standard InChI is InChI=1S/C19H22ClN5O4/c1-19(2,3)18(29)24-14-6-11(20)4-5-12(14)13-7-17(28)25(10-23-13)9-16(27)22-8-15(21)26/h4-7,10H,8-9H2,1-3H3,(H2,21,26)(H,22,27)(H,24,29). The van der Waals surface area contributed by atoms with Crippen LogP contribution in [0.15, 0.2) is 35.4 Å². The molecule has 0 unspecified atom stereocenters. The first-order valence-electron chi connectivity index (χ1n) is 8.70. The van der Waals surface area contributed by atoms with Crippen LogP contribution in [0.25, 0.3) is 11.3 Å². The fourth-order valence-electron chi connectivity index (χ4n) is 2.24. The van der Waals surface area contributed by atoms with Gasteiger partial charge in [0, 0.05) is 22.1 Å². The molecule has 0 saturated carbocycles. The minimum absolute atomic E-state index is 0.222. The summed E-state index contributed by atoms with van der Waals surface area (Å²) in [6.07, 6.45) is 1.21. The van der Waals surface area contributed by atoms with Gasteiger partial charge in [-0.15, -0.1) is 0 Å². The van der Waals surface area contributed by atoms with Gasteiger partial charge in [-0.2, -0.15) is 0 Å². The monoisotopic (exact) mass is 419 g/mol. The summed E-state index contributed by atoms with van der Waals surface area (Å²) >= 11 is 6.05. The third kappa shape index (κ3) is 6.15. The summed E-state index contributed by atoms with van der Waals surface area (Å²) in [5.41, 5.74) is 5.09. The van der Waals surface area contributed by atoms with Crippen molar-refractivity contribution in [1.29, 1.82) is 0 Å². The number of amides is 3. The van der Waals surface area contributed by atoms with E-state index in [-0.39, 0.29) is 19.0 Å². The van der Waals surface area contributed by atoms with E-state index < -0.39 is 22.8 Å². The van der Waals surface area contributed by atoms with Crippen LogP contribution in [0.5, 0.6) is 0 Å². The highest BCUT2D eigenvalue weighted by Crippen LogP contribution is 2.30. The van der Waals surface area contributed by atoms with Gasteiger partial charge >= 0.3 is 0 Å². The van der Waals surface area contributed by atoms with Gasteiger partial charge in [-0.05, 0) is 18.2 Å². The van der Waals surface area contributed by atoms with Crippen molar-refractivity contribution >= 4 is 35.0 Å². The average Bonchev–Trinajstić information content (AvgIpc) is 2.61. The molecular formula is C19H22ClN5O4. The zero-order valence-corrected chi connectivity index (χ0v) is 17.0. The zero-order valence-electron chi connectivity index (χ0n) is 16.3. The van der Waals surface area contributed by atoms with E-state index >= 15 is 0 Å². The van der Waals surface area contributed by atoms with Crippen molar-refractivity contribution in [2.45, 2.75) is 27.3 Å². The molecule has 0 bridgehead atoms. The van der Waals surface area contributed by atoms with Crippen LogP contribution in [0.2, 0.25) is 5.02 Å². The number of rotatable bonds is 6. The number of halogens is 1. The number of nitrogens with two attached hydrogens (primary N) is 1. The molecule has 29 heavy (non-hydrogen) atoms. The molecule has 0 aliphatic rings. The number of benzene rings is 1. The quantitative estimate of drug-likeness (QED) is 0.645. The maximum Gasteiger partial charge on any atom is 0.254 e. The van der Waals surface area contributed by atoms with E-state index in [0.29, 0.717) is 22.0 Å². The molecule has 3 amide bonds. The van der Waals surface area contributed by atoms with E-state index in [1.807, 2.05) is 0 Å². The first kappa shape index (κ1) is 22.1. The van der Waals surface area contributed by atoms with Gasteiger partial charge in [-0.25, -0.2) is 4.98 Å². The highest BCUT2D eigenvalue weighted by molar-refractivity contribution is 6.31. The molecule has 0 atom stereocenters. The molecular weight excluding hydrogens is 398 g/mol. The molecule has 9 nitrogen and oxygen atoms in total. The third-order valence-electron chi connectivity index (χ3n) is 3.84. The topological polar surface area (TPSA) is 136 Å². The van der Waals surface area contributed by atoms with E-state index in [0.717, 1.165) is 4.57 Å². The van der Waals surface area contributed by atoms with Gasteiger partial charge in [0.1, 0.15) is 6.54 Å². The van der Waals surface area contributed by atoms with Gasteiger partial charge in [0.15, 0.2) is 0 Å². The van der Waals surface area contributed by atoms with E-state index in [4.69, 9.17) is 17.3 Å². The van der Waals surface area contributed by atoms with Crippen molar-refractivity contribution in [1.82, 2.24) is 14.9 Å². The van der Waals surface area contributed by atoms with Crippen molar-refractivity contribution in [2.75, 3.05) is 11.9 Å². The molecule has 1 heterocycles. The highest BCUT2D eigenvalue weighted by atomic mass is 35.5. The maximum atomic E-state index is 12.4. The Morgan fingerprint density at radius 1 is 1.21 bits per heavy atom. The number of anilines is 1. The van der Waals surface area contributed by atoms with E-state index in [1.54, 1.807) is 39.0 Å². The van der Waals surface area contributed by atoms with Crippen LogP contribution in [0.3, 0.4) is 0 Å². The van der Waals surface area contributed by atoms with Crippen LogP contribution in [0.1, 0.15) is 20.8 Å². The van der Waals surface area contributed by atoms with Crippen molar-refractivity contribution in [3.63, 3.8) is 0 Å². The van der Waals surface area contributed by atoms with Gasteiger partial charge < -0.3 is 16.4 Å². The van der Waals surface area contributed by atoms with Crippen LogP contribution >= 0.6 is 11.6 Å². The molecule has 2 rings (SSSR count). The normalized spacial score (nSPS) is 11.0. The van der Waals surface area contributed by atoms with Crippen molar-refractivity contribution in [3.8, 4) is 11.3 Å². The van der Waals surface area contributed by atoms with Crippen molar-refractivity contribution in [2.24, 2.45) is 11.1 Å². The summed E-state index contributed by atoms with van der Waals surface area (Å²) in [4.78, 5) is 51.4. The summed E-state index contributed by atoms with van der Waals surface area (Å²) in [5, 5.41) is 5.51. The van der Waals surface area contributed by atoms with Crippen molar-refractivity contribution < 1.29 is 14.4 Å². The number of hydrogen-bond donors (Lipinski definition) is 3. The Labute approximate surface area is 172 Å². The second-order valence-electron chi connectivity index (χ2n) is 7.38. The molecule has 0 fully saturated rings. The predicted molar refractivity (Wildman–Crippen MR) is 109 cm³/mol. The molecule has 154 valence electrons. The summed E-state index contributed by atoms with van der Waals surface area (Å²) in [7, 11) is 0. The lowest BCUT2D eigenvalue weighted by molar-refractivity contribution is -0.125. The molecule has 2 aromatic rings. The molecule has 1 aromatic carbocycles. The molecule has 0 saturated heterocycles. The van der Waals surface area contributed by atoms with E-state index in [2.05, 4.69) is 15.6 Å². The van der Waals surface area contributed by atoms with E-state index in [9.17, 15) is 19.2 Å². The lowest BCUT2D eigenvalue weighted by Crippen LogP contribution is -2.37. The Kier molecular flexibility index (Phi) is 6.76. The number of nitrogens with one attached hydrogen (secondary N) is 2. The number of hydrogen-bond acceptors (Lipinski definition) is 5. The first-order valence-corrected chi connectivity index (χ1v) is 9.08. The van der Waals surface area contributed by atoms with Gasteiger partial charge in [0.25, 0.3) is 5.56 Å². The first-order chi connectivity index (χ1) is 13.5. The lowest BCUT2D eigenvalue weighted by atomic mass is 9.95. The Balaban J connectivity index is 2.30. The zero-order chi connectivity index (χ0) is 21.8. The second kappa shape index (κ2) is 8.87. The molecule has 0 aliphatic carbocycles. The summed E-state index contributed by atoms with van der Waals surface area (Å²) in [5.74, 6) is -1.46. The Bertz CT molecular complexity index is 1010. The Hall–Kier alpha value is -3.20. The molecule has 0 spiro atoms. The van der Waals surface area contributed by atoms with Crippen LogP contribution in [0.4, 0.5) is 5.69 Å². The van der Waals surface area contributed by atoms with Crippen LogP contribution in [-0.4, -0.2) is 33.8 Å². The fourth-order valence-corrected chi connectivity index (χ4v) is 2.41. The smallest absolute Gasteiger partial charge is 0.254 e. The Morgan fingerprint density at radius 2 is 1.90 bits per heavy atom. The van der Waals surface area contributed by atoms with Gasteiger partial charge in [0.2, 0.25) is 17.7 Å². The van der Waals surface area contributed by atoms with Crippen LogP contribution < -0.4 is 21.9 Å². The molecule has 4 N–H and O–H groups in total. The maximum absolute atomic E-state index is 12.4. The van der Waals surface area contributed by atoms with Crippen LogP contribution in [0, 0.1) is 5.41 Å². The minimum atomic E-state index is -0.688. The van der Waals surface area contributed by atoms with Gasteiger partial charge in [0.05, 0.1) is 24.3 Å². The predicted octanol–water partition coefficient (Wildman–Crippen LogP) is 1.15. The largest absolute Gasteiger partial charge is 0.368 e. The minimum Gasteiger partial charge on any atom is -0.368 e. The Morgan fingerprint density at radius 3 is 2.48 bits per heavy atom. The number of carbonyl (C=O) groups is 3. The molecule has 10 heteroatoms. The number of primary amides is 1. The second-order valence-corrected chi connectivity index (χ2v) is 7.81. The molecule has 0 radical (unpaired) electrons. The summed E-state index contributed by atoms with van der Waals surface area (Å²) in [6, 6.07) is 6.09. The third-order valence-corrected chi connectivity index (χ3v) is 4.08. The molecule has 1 aromatic heterocycles. The molecule has 0 aliphatic heterocycles. The summed E-state index contributed by atoms with van der Waals surface area (Å²) < 4.78 is 1.09. The average molecular weight is 420 g/mol. The fraction of sp³-hybridized carbons (Fsp3) is 0.316. The number of nitrogens with zero attached hydrogens (tertiary/aromatic N) is 2. The SMILES string of the molecule is CC(C)(C)C(=O)Nc1cc(Cl)ccc1-c1cc(=O)n(CC(=O)NCC(N)=O)cn1. The van der Waals surface area contributed by atoms with Crippen molar-refractivity contribution in [3.05, 3.63) is 46.0 Å². The van der Waals surface area contributed by atoms with Gasteiger partial charge in [-0.3, -0.25) is 23.7 Å². The highest BCUT2D eigenvalue weighted by Gasteiger charge is 2.22. The van der Waals surface area contributed by atoms with E-state index in [1.165, 1.54) is 12.4 Å². The lowest BCUT2D eigenvalue weighted by Gasteiger charge is -2.19. The number of carbonyl (C=O) groups excluding carboxylic acids is 3. The van der Waals surface area contributed by atoms with Gasteiger partial charge in [-0.1, -0.05) is 32.4 Å². The number of aromatic nitrogens is 2. The van der Waals surface area contributed by atoms with Crippen LogP contribution in [-0.2, 0) is 20.9 Å².